The number of benzene rings is 1. The highest BCUT2D eigenvalue weighted by Gasteiger charge is 2.15. The number of rotatable bonds is 3. The molecule has 0 aliphatic rings. The van der Waals surface area contributed by atoms with Crippen LogP contribution in [0.1, 0.15) is 20.8 Å². The molecule has 6 nitrogen and oxygen atoms in total. The zero-order valence-corrected chi connectivity index (χ0v) is 14.0. The average molecular weight is 392 g/mol. The van der Waals surface area contributed by atoms with Gasteiger partial charge in [-0.05, 0) is 22.0 Å². The molecule has 2 N–H and O–H groups in total. The third-order valence-corrected chi connectivity index (χ3v) is 4.42. The van der Waals surface area contributed by atoms with Gasteiger partial charge in [0, 0.05) is 17.0 Å². The predicted octanol–water partition coefficient (Wildman–Crippen LogP) is 3.24. The molecule has 0 radical (unpaired) electrons. The van der Waals surface area contributed by atoms with E-state index in [-0.39, 0.29) is 5.69 Å². The zero-order valence-electron chi connectivity index (χ0n) is 11.6. The molecular formula is C15H10BrN3O3S. The normalized spacial score (nSPS) is 10.3. The second-order valence-corrected chi connectivity index (χ2v) is 6.78. The van der Waals surface area contributed by atoms with Gasteiger partial charge < -0.3 is 4.52 Å². The summed E-state index contributed by atoms with van der Waals surface area (Å²) in [6, 6.07) is 12.5. The van der Waals surface area contributed by atoms with Crippen LogP contribution in [-0.4, -0.2) is 17.0 Å². The first kappa shape index (κ1) is 15.4. The predicted molar refractivity (Wildman–Crippen MR) is 88.9 cm³/mol. The number of hydrazine groups is 1. The number of carbonyl (C=O) groups is 2. The highest BCUT2D eigenvalue weighted by molar-refractivity contribution is 9.11. The number of halogens is 1. The summed E-state index contributed by atoms with van der Waals surface area (Å²) in [5.74, 6) is -0.491. The third kappa shape index (κ3) is 3.66. The Bertz CT molecular complexity index is 845. The van der Waals surface area contributed by atoms with Crippen LogP contribution in [0.15, 0.2) is 56.2 Å². The number of nitrogens with zero attached hydrogens (tertiary/aromatic N) is 1. The number of amides is 2. The summed E-state index contributed by atoms with van der Waals surface area (Å²) in [4.78, 5) is 23.8. The van der Waals surface area contributed by atoms with Gasteiger partial charge in [-0.15, -0.1) is 11.3 Å². The summed E-state index contributed by atoms with van der Waals surface area (Å²) in [5, 5.41) is 5.38. The topological polar surface area (TPSA) is 84.2 Å². The Morgan fingerprint density at radius 1 is 1.09 bits per heavy atom. The molecule has 116 valence electrons. The van der Waals surface area contributed by atoms with Gasteiger partial charge in [0.15, 0.2) is 11.5 Å². The van der Waals surface area contributed by atoms with Crippen LogP contribution in [0.5, 0.6) is 0 Å². The highest BCUT2D eigenvalue weighted by atomic mass is 79.9. The maximum atomic E-state index is 12.0. The molecule has 0 aliphatic heterocycles. The van der Waals surface area contributed by atoms with E-state index in [1.807, 2.05) is 30.3 Å². The number of carbonyl (C=O) groups excluding carboxylic acids is 2. The van der Waals surface area contributed by atoms with Gasteiger partial charge in [0.25, 0.3) is 11.8 Å². The minimum Gasteiger partial charge on any atom is -0.355 e. The van der Waals surface area contributed by atoms with Crippen molar-refractivity contribution in [2.75, 3.05) is 0 Å². The monoisotopic (exact) mass is 391 g/mol. The van der Waals surface area contributed by atoms with Crippen molar-refractivity contribution in [3.63, 3.8) is 0 Å². The second kappa shape index (κ2) is 6.76. The molecule has 0 aliphatic carbocycles. The Morgan fingerprint density at radius 3 is 2.52 bits per heavy atom. The molecule has 0 unspecified atom stereocenters. The van der Waals surface area contributed by atoms with Gasteiger partial charge in [0.2, 0.25) is 0 Å². The van der Waals surface area contributed by atoms with Gasteiger partial charge in [-0.2, -0.15) is 0 Å². The highest BCUT2D eigenvalue weighted by Crippen LogP contribution is 2.21. The molecule has 1 aromatic carbocycles. The van der Waals surface area contributed by atoms with E-state index < -0.39 is 11.8 Å². The molecule has 0 saturated carbocycles. The summed E-state index contributed by atoms with van der Waals surface area (Å²) >= 11 is 4.65. The van der Waals surface area contributed by atoms with Crippen LogP contribution in [0, 0.1) is 0 Å². The van der Waals surface area contributed by atoms with E-state index in [2.05, 4.69) is 31.9 Å². The fourth-order valence-corrected chi connectivity index (χ4v) is 2.94. The number of aromatic nitrogens is 1. The maximum absolute atomic E-state index is 12.0. The van der Waals surface area contributed by atoms with Gasteiger partial charge in [-0.1, -0.05) is 35.5 Å². The standard InChI is InChI=1S/C15H10BrN3O3S/c16-13-6-10(8-23-13)14(20)17-18-15(21)11-7-12(22-19-11)9-4-2-1-3-5-9/h1-8H,(H,17,20)(H,18,21). The molecule has 0 atom stereocenters. The Balaban J connectivity index is 1.63. The summed E-state index contributed by atoms with van der Waals surface area (Å²) in [6.45, 7) is 0. The lowest BCUT2D eigenvalue weighted by molar-refractivity contribution is 0.0842. The molecule has 0 fully saturated rings. The van der Waals surface area contributed by atoms with E-state index in [0.717, 1.165) is 9.35 Å². The minimum atomic E-state index is -0.557. The van der Waals surface area contributed by atoms with Crippen LogP contribution >= 0.6 is 27.3 Å². The van der Waals surface area contributed by atoms with Crippen LogP contribution in [0.3, 0.4) is 0 Å². The molecule has 2 amide bonds. The zero-order chi connectivity index (χ0) is 16.2. The SMILES string of the molecule is O=C(NNC(=O)c1cc(-c2ccccc2)on1)c1csc(Br)c1. The largest absolute Gasteiger partial charge is 0.355 e. The van der Waals surface area contributed by atoms with E-state index in [1.165, 1.54) is 17.4 Å². The van der Waals surface area contributed by atoms with Crippen molar-refractivity contribution in [2.45, 2.75) is 0 Å². The first-order valence-corrected chi connectivity index (χ1v) is 8.17. The molecule has 8 heteroatoms. The van der Waals surface area contributed by atoms with Crippen LogP contribution in [-0.2, 0) is 0 Å². The first-order chi connectivity index (χ1) is 11.1. The van der Waals surface area contributed by atoms with E-state index in [1.54, 1.807) is 11.4 Å². The summed E-state index contributed by atoms with van der Waals surface area (Å²) in [7, 11) is 0. The lowest BCUT2D eigenvalue weighted by atomic mass is 10.1. The third-order valence-electron chi connectivity index (χ3n) is 2.92. The van der Waals surface area contributed by atoms with Gasteiger partial charge in [0.1, 0.15) is 0 Å². The molecule has 2 heterocycles. The van der Waals surface area contributed by atoms with Crippen molar-refractivity contribution < 1.29 is 14.1 Å². The smallest absolute Gasteiger partial charge is 0.291 e. The van der Waals surface area contributed by atoms with Gasteiger partial charge in [-0.3, -0.25) is 20.4 Å². The quantitative estimate of drug-likeness (QED) is 0.671. The fraction of sp³-hybridized carbons (Fsp3) is 0. The Morgan fingerprint density at radius 2 is 1.83 bits per heavy atom. The minimum absolute atomic E-state index is 0.0793. The lowest BCUT2D eigenvalue weighted by Gasteiger charge is -2.03. The number of hydrogen-bond donors (Lipinski definition) is 2. The maximum Gasteiger partial charge on any atom is 0.291 e. The molecule has 3 rings (SSSR count). The van der Waals surface area contributed by atoms with Crippen LogP contribution in [0.25, 0.3) is 11.3 Å². The van der Waals surface area contributed by atoms with E-state index >= 15 is 0 Å². The molecule has 0 saturated heterocycles. The number of thiophene rings is 1. The van der Waals surface area contributed by atoms with Crippen LogP contribution < -0.4 is 10.9 Å². The van der Waals surface area contributed by atoms with Crippen molar-refractivity contribution in [3.05, 3.63) is 62.9 Å². The van der Waals surface area contributed by atoms with E-state index in [9.17, 15) is 9.59 Å². The molecule has 23 heavy (non-hydrogen) atoms. The van der Waals surface area contributed by atoms with Crippen molar-refractivity contribution >= 4 is 39.1 Å². The van der Waals surface area contributed by atoms with Gasteiger partial charge in [0.05, 0.1) is 9.35 Å². The average Bonchev–Trinajstić information content (AvgIpc) is 3.22. The van der Waals surface area contributed by atoms with Gasteiger partial charge >= 0.3 is 0 Å². The van der Waals surface area contributed by atoms with Crippen LogP contribution in [0.4, 0.5) is 0 Å². The van der Waals surface area contributed by atoms with E-state index in [4.69, 9.17) is 4.52 Å². The van der Waals surface area contributed by atoms with Crippen molar-refractivity contribution in [2.24, 2.45) is 0 Å². The summed E-state index contributed by atoms with van der Waals surface area (Å²) < 4.78 is 5.97. The molecule has 2 aromatic heterocycles. The number of nitrogens with one attached hydrogen (secondary N) is 2. The van der Waals surface area contributed by atoms with Crippen LogP contribution in [0.2, 0.25) is 0 Å². The second-order valence-electron chi connectivity index (χ2n) is 4.49. The summed E-state index contributed by atoms with van der Waals surface area (Å²) in [5.41, 5.74) is 5.97. The summed E-state index contributed by atoms with van der Waals surface area (Å²) in [6.07, 6.45) is 0. The number of hydrogen-bond acceptors (Lipinski definition) is 5. The Labute approximate surface area is 143 Å². The molecular weight excluding hydrogens is 382 g/mol. The lowest BCUT2D eigenvalue weighted by Crippen LogP contribution is -2.41. The molecule has 0 bridgehead atoms. The first-order valence-electron chi connectivity index (χ1n) is 6.50. The fourth-order valence-electron chi connectivity index (χ4n) is 1.80. The van der Waals surface area contributed by atoms with Crippen molar-refractivity contribution in [1.82, 2.24) is 16.0 Å². The van der Waals surface area contributed by atoms with Crippen molar-refractivity contribution in [1.29, 1.82) is 0 Å². The van der Waals surface area contributed by atoms with E-state index in [0.29, 0.717) is 11.3 Å². The van der Waals surface area contributed by atoms with Crippen molar-refractivity contribution in [3.8, 4) is 11.3 Å². The van der Waals surface area contributed by atoms with Gasteiger partial charge in [-0.25, -0.2) is 0 Å². The molecule has 0 spiro atoms. The Kier molecular flexibility index (Phi) is 4.54. The Hall–Kier alpha value is -2.45. The molecule has 3 aromatic rings.